The molecule has 0 spiro atoms. The number of anilines is 1. The van der Waals surface area contributed by atoms with Crippen LogP contribution in [-0.4, -0.2) is 22.5 Å². The first-order valence-corrected chi connectivity index (χ1v) is 10.1. The minimum Gasteiger partial charge on any atom is -0.467 e. The molecule has 1 aliphatic rings. The first-order valence-electron chi connectivity index (χ1n) is 8.95. The van der Waals surface area contributed by atoms with Crippen molar-refractivity contribution in [2.24, 2.45) is 5.92 Å². The van der Waals surface area contributed by atoms with E-state index in [4.69, 9.17) is 16.3 Å². The van der Waals surface area contributed by atoms with E-state index in [1.54, 1.807) is 23.5 Å². The average Bonchev–Trinajstić information content (AvgIpc) is 3.00. The van der Waals surface area contributed by atoms with Gasteiger partial charge in [0, 0.05) is 15.6 Å². The quantitative estimate of drug-likeness (QED) is 0.682. The summed E-state index contributed by atoms with van der Waals surface area (Å²) in [7, 11) is 0. The molecule has 2 heterocycles. The van der Waals surface area contributed by atoms with Crippen LogP contribution < -0.4 is 10.1 Å². The molecule has 5 nitrogen and oxygen atoms in total. The molecule has 0 saturated carbocycles. The number of fused-ring (bicyclic) bond motifs is 3. The molecule has 0 aliphatic heterocycles. The number of carbonyl (C=O) groups excluding carboxylic acids is 1. The highest BCUT2D eigenvalue weighted by atomic mass is 35.5. The van der Waals surface area contributed by atoms with E-state index in [-0.39, 0.29) is 12.5 Å². The summed E-state index contributed by atoms with van der Waals surface area (Å²) in [6, 6.07) is 5.34. The van der Waals surface area contributed by atoms with Crippen LogP contribution in [0, 0.1) is 12.8 Å². The molecule has 1 aliphatic carbocycles. The number of rotatable bonds is 4. The minimum atomic E-state index is -0.232. The molecule has 1 unspecified atom stereocenters. The number of hydrogen-bond donors (Lipinski definition) is 1. The number of benzene rings is 1. The van der Waals surface area contributed by atoms with Crippen molar-refractivity contribution in [2.45, 2.75) is 33.1 Å². The first-order chi connectivity index (χ1) is 13.0. The summed E-state index contributed by atoms with van der Waals surface area (Å²) in [6.07, 6.45) is 4.75. The Labute approximate surface area is 166 Å². The number of hydrogen-bond acceptors (Lipinski definition) is 5. The van der Waals surface area contributed by atoms with Gasteiger partial charge >= 0.3 is 0 Å². The summed E-state index contributed by atoms with van der Waals surface area (Å²) in [5, 5.41) is 4.47. The molecule has 1 N–H and O–H groups in total. The van der Waals surface area contributed by atoms with E-state index in [9.17, 15) is 4.79 Å². The van der Waals surface area contributed by atoms with Gasteiger partial charge in [0.15, 0.2) is 6.61 Å². The maximum absolute atomic E-state index is 12.3. The number of ether oxygens (including phenoxy) is 1. The van der Waals surface area contributed by atoms with Crippen molar-refractivity contribution in [3.63, 3.8) is 0 Å². The average molecular weight is 402 g/mol. The number of aromatic nitrogens is 2. The lowest BCUT2D eigenvalue weighted by Gasteiger charge is -2.18. The van der Waals surface area contributed by atoms with E-state index in [0.717, 1.165) is 40.7 Å². The Morgan fingerprint density at radius 2 is 2.26 bits per heavy atom. The molecule has 0 saturated heterocycles. The topological polar surface area (TPSA) is 64.1 Å². The van der Waals surface area contributed by atoms with E-state index in [2.05, 4.69) is 22.2 Å². The van der Waals surface area contributed by atoms with E-state index >= 15 is 0 Å². The van der Waals surface area contributed by atoms with E-state index in [1.807, 2.05) is 13.0 Å². The van der Waals surface area contributed by atoms with Crippen LogP contribution in [0.25, 0.3) is 10.2 Å². The zero-order valence-electron chi connectivity index (χ0n) is 15.2. The zero-order chi connectivity index (χ0) is 19.0. The normalized spacial score (nSPS) is 16.2. The van der Waals surface area contributed by atoms with Gasteiger partial charge in [-0.1, -0.05) is 18.5 Å². The highest BCUT2D eigenvalue weighted by Gasteiger charge is 2.23. The van der Waals surface area contributed by atoms with Crippen molar-refractivity contribution in [1.29, 1.82) is 0 Å². The Hall–Kier alpha value is -2.18. The molecule has 2 aromatic heterocycles. The summed E-state index contributed by atoms with van der Waals surface area (Å²) in [5.41, 5.74) is 2.92. The second kappa shape index (κ2) is 7.44. The molecule has 27 heavy (non-hydrogen) atoms. The van der Waals surface area contributed by atoms with Crippen LogP contribution in [0.1, 0.15) is 29.3 Å². The van der Waals surface area contributed by atoms with Gasteiger partial charge < -0.3 is 10.1 Å². The number of thiophene rings is 1. The number of amides is 1. The number of carbonyl (C=O) groups is 1. The van der Waals surface area contributed by atoms with Gasteiger partial charge in [-0.05, 0) is 61.4 Å². The molecule has 3 aromatic rings. The van der Waals surface area contributed by atoms with Gasteiger partial charge in [0.2, 0.25) is 5.88 Å². The molecule has 0 bridgehead atoms. The maximum Gasteiger partial charge on any atom is 0.262 e. The first kappa shape index (κ1) is 18.2. The van der Waals surface area contributed by atoms with Gasteiger partial charge in [-0.2, -0.15) is 0 Å². The zero-order valence-corrected chi connectivity index (χ0v) is 16.8. The van der Waals surface area contributed by atoms with Crippen molar-refractivity contribution in [3.8, 4) is 5.88 Å². The van der Waals surface area contributed by atoms with Crippen LogP contribution in [0.3, 0.4) is 0 Å². The van der Waals surface area contributed by atoms with Crippen LogP contribution >= 0.6 is 22.9 Å². The predicted molar refractivity (Wildman–Crippen MR) is 109 cm³/mol. The Morgan fingerprint density at radius 3 is 3.07 bits per heavy atom. The van der Waals surface area contributed by atoms with Crippen molar-refractivity contribution in [1.82, 2.24) is 9.97 Å². The highest BCUT2D eigenvalue weighted by molar-refractivity contribution is 7.18. The number of halogens is 1. The fourth-order valence-corrected chi connectivity index (χ4v) is 5.01. The van der Waals surface area contributed by atoms with Gasteiger partial charge in [0.25, 0.3) is 5.91 Å². The second-order valence-corrected chi connectivity index (χ2v) is 8.53. The molecular formula is C20H20ClN3O2S. The van der Waals surface area contributed by atoms with Crippen molar-refractivity contribution >= 4 is 44.7 Å². The van der Waals surface area contributed by atoms with Gasteiger partial charge in [-0.25, -0.2) is 9.97 Å². The molecule has 140 valence electrons. The summed E-state index contributed by atoms with van der Waals surface area (Å²) in [4.78, 5) is 23.3. The third-order valence-corrected chi connectivity index (χ3v) is 6.26. The molecule has 1 amide bonds. The van der Waals surface area contributed by atoms with E-state index < -0.39 is 0 Å². The lowest BCUT2D eigenvalue weighted by atomic mass is 9.89. The van der Waals surface area contributed by atoms with E-state index in [1.165, 1.54) is 16.8 Å². The number of nitrogens with zero attached hydrogens (tertiary/aromatic N) is 2. The molecule has 0 fully saturated rings. The number of aryl methyl sites for hydroxylation is 2. The Morgan fingerprint density at radius 1 is 1.41 bits per heavy atom. The monoisotopic (exact) mass is 401 g/mol. The third kappa shape index (κ3) is 3.77. The molecular weight excluding hydrogens is 382 g/mol. The predicted octanol–water partition coefficient (Wildman–Crippen LogP) is 4.80. The van der Waals surface area contributed by atoms with Crippen LogP contribution in [0.2, 0.25) is 5.02 Å². The van der Waals surface area contributed by atoms with Crippen LogP contribution in [0.4, 0.5) is 5.69 Å². The van der Waals surface area contributed by atoms with Gasteiger partial charge in [-0.15, -0.1) is 11.3 Å². The minimum absolute atomic E-state index is 0.102. The second-order valence-electron chi connectivity index (χ2n) is 7.01. The SMILES string of the molecule is Cc1cc(Cl)ccc1NC(=O)COc1ncnc2sc3c(c12)CCC(C)C3. The van der Waals surface area contributed by atoms with Gasteiger partial charge in [0.05, 0.1) is 5.39 Å². The fourth-order valence-electron chi connectivity index (χ4n) is 3.44. The molecule has 1 aromatic carbocycles. The number of nitrogens with one attached hydrogen (secondary N) is 1. The van der Waals surface area contributed by atoms with Gasteiger partial charge in [-0.3, -0.25) is 4.79 Å². The Bertz CT molecular complexity index is 1020. The summed E-state index contributed by atoms with van der Waals surface area (Å²) < 4.78 is 5.79. The summed E-state index contributed by atoms with van der Waals surface area (Å²) in [6.45, 7) is 4.07. The van der Waals surface area contributed by atoms with Crippen LogP contribution in [-0.2, 0) is 17.6 Å². The fraction of sp³-hybridized carbons (Fsp3) is 0.350. The Balaban J connectivity index is 1.51. The summed E-state index contributed by atoms with van der Waals surface area (Å²) in [5.74, 6) is 0.955. The summed E-state index contributed by atoms with van der Waals surface area (Å²) >= 11 is 7.67. The van der Waals surface area contributed by atoms with Crippen molar-refractivity contribution in [2.75, 3.05) is 11.9 Å². The lowest BCUT2D eigenvalue weighted by Crippen LogP contribution is -2.21. The third-order valence-electron chi connectivity index (χ3n) is 4.86. The molecule has 0 radical (unpaired) electrons. The highest BCUT2D eigenvalue weighted by Crippen LogP contribution is 2.40. The van der Waals surface area contributed by atoms with Gasteiger partial charge in [0.1, 0.15) is 11.2 Å². The molecule has 4 rings (SSSR count). The van der Waals surface area contributed by atoms with Crippen molar-refractivity contribution in [3.05, 3.63) is 45.6 Å². The molecule has 1 atom stereocenters. The molecule has 7 heteroatoms. The van der Waals surface area contributed by atoms with Crippen LogP contribution in [0.15, 0.2) is 24.5 Å². The Kier molecular flexibility index (Phi) is 5.02. The van der Waals surface area contributed by atoms with E-state index in [0.29, 0.717) is 16.8 Å². The smallest absolute Gasteiger partial charge is 0.262 e. The largest absolute Gasteiger partial charge is 0.467 e. The van der Waals surface area contributed by atoms with Crippen LogP contribution in [0.5, 0.6) is 5.88 Å². The lowest BCUT2D eigenvalue weighted by molar-refractivity contribution is -0.118. The van der Waals surface area contributed by atoms with Crippen molar-refractivity contribution < 1.29 is 9.53 Å². The standard InChI is InChI=1S/C20H20ClN3O2S/c1-11-3-5-14-16(7-11)27-20-18(14)19(22-10-23-20)26-9-17(25)24-15-6-4-13(21)8-12(15)2/h4,6,8,10-11H,3,5,7,9H2,1-2H3,(H,24,25). The maximum atomic E-state index is 12.3.